The molecule has 0 fully saturated rings. The number of aryl methyl sites for hydroxylation is 1. The van der Waals surface area contributed by atoms with Crippen molar-refractivity contribution in [2.75, 3.05) is 0 Å². The number of rotatable bonds is 4. The van der Waals surface area contributed by atoms with Gasteiger partial charge in [-0.15, -0.1) is 0 Å². The van der Waals surface area contributed by atoms with Crippen LogP contribution in [-0.2, 0) is 0 Å². The second-order valence-corrected chi connectivity index (χ2v) is 11.4. The molecule has 0 radical (unpaired) electrons. The van der Waals surface area contributed by atoms with Crippen molar-refractivity contribution in [3.05, 3.63) is 151 Å². The highest BCUT2D eigenvalue weighted by molar-refractivity contribution is 6.23. The largest absolute Gasteiger partial charge is 0.307 e. The van der Waals surface area contributed by atoms with Crippen LogP contribution in [0, 0.1) is 6.92 Å². The molecule has 9 rings (SSSR count). The molecule has 0 aliphatic heterocycles. The van der Waals surface area contributed by atoms with E-state index in [1.165, 1.54) is 16.3 Å². The molecule has 0 unspecified atom stereocenters. The van der Waals surface area contributed by atoms with Gasteiger partial charge < -0.3 is 4.57 Å². The Labute approximate surface area is 259 Å². The first-order valence-electron chi connectivity index (χ1n) is 15.1. The Kier molecular flexibility index (Phi) is 5.65. The number of para-hydroxylation sites is 2. The SMILES string of the molecule is Cc1ccc(-n2c3ccccc3c3ccc4c5ccccc5n(-c5nc(-c6ccccc6)nc(-c6ccccc6)n5)c4c32)cc1. The molecule has 9 aromatic rings. The van der Waals surface area contributed by atoms with Crippen LogP contribution >= 0.6 is 0 Å². The summed E-state index contributed by atoms with van der Waals surface area (Å²) in [6, 6.07) is 50.8. The van der Waals surface area contributed by atoms with Gasteiger partial charge in [0.1, 0.15) is 0 Å². The van der Waals surface area contributed by atoms with Gasteiger partial charge >= 0.3 is 0 Å². The molecule has 0 amide bonds. The van der Waals surface area contributed by atoms with Crippen LogP contribution in [0.25, 0.3) is 78.0 Å². The van der Waals surface area contributed by atoms with Crippen molar-refractivity contribution in [3.8, 4) is 34.4 Å². The van der Waals surface area contributed by atoms with Gasteiger partial charge in [0.2, 0.25) is 5.95 Å². The number of nitrogens with zero attached hydrogens (tertiary/aromatic N) is 5. The van der Waals surface area contributed by atoms with Crippen molar-refractivity contribution in [2.24, 2.45) is 0 Å². The van der Waals surface area contributed by atoms with Gasteiger partial charge in [-0.1, -0.05) is 127 Å². The predicted octanol–water partition coefficient (Wildman–Crippen LogP) is 9.71. The molecule has 0 N–H and O–H groups in total. The Morgan fingerprint density at radius 3 is 1.42 bits per heavy atom. The van der Waals surface area contributed by atoms with E-state index in [1.54, 1.807) is 0 Å². The minimum absolute atomic E-state index is 0.585. The molecule has 5 nitrogen and oxygen atoms in total. The predicted molar refractivity (Wildman–Crippen MR) is 184 cm³/mol. The van der Waals surface area contributed by atoms with Crippen LogP contribution in [0.15, 0.2) is 146 Å². The van der Waals surface area contributed by atoms with E-state index in [2.05, 4.69) is 101 Å². The lowest BCUT2D eigenvalue weighted by molar-refractivity contribution is 0.953. The van der Waals surface area contributed by atoms with Gasteiger partial charge in [0.05, 0.1) is 22.1 Å². The minimum atomic E-state index is 0.585. The average molecular weight is 578 g/mol. The highest BCUT2D eigenvalue weighted by Gasteiger charge is 2.23. The standard InChI is InChI=1S/C40H27N5/c1-26-20-22-29(23-21-26)44-34-18-10-8-16-30(34)32-24-25-33-31-17-9-11-19-35(31)45(37(33)36(32)44)40-42-38(27-12-4-2-5-13-27)41-39(43-40)28-14-6-3-7-15-28/h2-25H,1H3. The maximum Gasteiger partial charge on any atom is 0.238 e. The minimum Gasteiger partial charge on any atom is -0.307 e. The Morgan fingerprint density at radius 2 is 0.867 bits per heavy atom. The van der Waals surface area contributed by atoms with Crippen molar-refractivity contribution in [1.29, 1.82) is 0 Å². The summed E-state index contributed by atoms with van der Waals surface area (Å²) >= 11 is 0. The number of benzene rings is 6. The Hall–Kier alpha value is -6.07. The molecule has 0 saturated heterocycles. The molecular formula is C40H27N5. The average Bonchev–Trinajstić information content (AvgIpc) is 3.62. The topological polar surface area (TPSA) is 48.5 Å². The molecule has 0 aliphatic carbocycles. The molecule has 3 aromatic heterocycles. The Bertz CT molecular complexity index is 2470. The summed E-state index contributed by atoms with van der Waals surface area (Å²) in [7, 11) is 0. The zero-order valence-electron chi connectivity index (χ0n) is 24.6. The van der Waals surface area contributed by atoms with Gasteiger partial charge in [0.25, 0.3) is 0 Å². The molecule has 6 aromatic carbocycles. The molecule has 0 spiro atoms. The molecule has 5 heteroatoms. The Morgan fingerprint density at radius 1 is 0.400 bits per heavy atom. The normalized spacial score (nSPS) is 11.7. The summed E-state index contributed by atoms with van der Waals surface area (Å²) < 4.78 is 4.62. The number of fused-ring (bicyclic) bond motifs is 7. The summed E-state index contributed by atoms with van der Waals surface area (Å²) in [5, 5.41) is 4.69. The third-order valence-corrected chi connectivity index (χ3v) is 8.65. The van der Waals surface area contributed by atoms with Crippen LogP contribution in [-0.4, -0.2) is 24.1 Å². The Balaban J connectivity index is 1.47. The quantitative estimate of drug-likeness (QED) is 0.209. The maximum absolute atomic E-state index is 5.18. The molecule has 212 valence electrons. The summed E-state index contributed by atoms with van der Waals surface area (Å²) in [6.45, 7) is 2.13. The highest BCUT2D eigenvalue weighted by atomic mass is 15.2. The maximum atomic E-state index is 5.18. The van der Waals surface area contributed by atoms with Crippen molar-refractivity contribution >= 4 is 43.6 Å². The van der Waals surface area contributed by atoms with E-state index in [-0.39, 0.29) is 0 Å². The van der Waals surface area contributed by atoms with Crippen LogP contribution in [0.1, 0.15) is 5.56 Å². The van der Waals surface area contributed by atoms with Crippen LogP contribution in [0.5, 0.6) is 0 Å². The molecule has 45 heavy (non-hydrogen) atoms. The van der Waals surface area contributed by atoms with Crippen molar-refractivity contribution < 1.29 is 0 Å². The van der Waals surface area contributed by atoms with E-state index < -0.39 is 0 Å². The first-order chi connectivity index (χ1) is 22.2. The van der Waals surface area contributed by atoms with E-state index in [0.717, 1.165) is 49.7 Å². The summed E-state index contributed by atoms with van der Waals surface area (Å²) in [5.41, 5.74) is 8.62. The fourth-order valence-corrected chi connectivity index (χ4v) is 6.57. The zero-order valence-corrected chi connectivity index (χ0v) is 24.6. The lowest BCUT2D eigenvalue weighted by Gasteiger charge is -2.13. The second-order valence-electron chi connectivity index (χ2n) is 11.4. The third-order valence-electron chi connectivity index (χ3n) is 8.65. The van der Waals surface area contributed by atoms with E-state index in [1.807, 2.05) is 60.7 Å². The first kappa shape index (κ1) is 25.4. The van der Waals surface area contributed by atoms with Gasteiger partial charge in [-0.3, -0.25) is 4.57 Å². The summed E-state index contributed by atoms with van der Waals surface area (Å²) in [4.78, 5) is 15.3. The van der Waals surface area contributed by atoms with Gasteiger partial charge in [-0.25, -0.2) is 4.98 Å². The van der Waals surface area contributed by atoms with Crippen LogP contribution in [0.3, 0.4) is 0 Å². The molecule has 3 heterocycles. The number of hydrogen-bond acceptors (Lipinski definition) is 3. The van der Waals surface area contributed by atoms with Gasteiger partial charge in [0.15, 0.2) is 11.6 Å². The summed E-state index contributed by atoms with van der Waals surface area (Å²) in [5.74, 6) is 1.86. The van der Waals surface area contributed by atoms with Gasteiger partial charge in [0, 0.05) is 38.4 Å². The van der Waals surface area contributed by atoms with Crippen molar-refractivity contribution in [2.45, 2.75) is 6.92 Å². The third kappa shape index (κ3) is 3.98. The van der Waals surface area contributed by atoms with Crippen LogP contribution < -0.4 is 0 Å². The second kappa shape index (κ2) is 10.00. The number of aromatic nitrogens is 5. The summed E-state index contributed by atoms with van der Waals surface area (Å²) in [6.07, 6.45) is 0. The monoisotopic (exact) mass is 577 g/mol. The molecular weight excluding hydrogens is 550 g/mol. The fraction of sp³-hybridized carbons (Fsp3) is 0.0250. The van der Waals surface area contributed by atoms with E-state index in [0.29, 0.717) is 17.6 Å². The first-order valence-corrected chi connectivity index (χ1v) is 15.1. The van der Waals surface area contributed by atoms with E-state index in [9.17, 15) is 0 Å². The van der Waals surface area contributed by atoms with Crippen LogP contribution in [0.2, 0.25) is 0 Å². The highest BCUT2D eigenvalue weighted by Crippen LogP contribution is 2.41. The fourth-order valence-electron chi connectivity index (χ4n) is 6.57. The van der Waals surface area contributed by atoms with E-state index in [4.69, 9.17) is 15.0 Å². The number of hydrogen-bond donors (Lipinski definition) is 0. The zero-order chi connectivity index (χ0) is 29.9. The molecule has 0 atom stereocenters. The lowest BCUT2D eigenvalue weighted by atomic mass is 10.1. The smallest absolute Gasteiger partial charge is 0.238 e. The molecule has 0 bridgehead atoms. The van der Waals surface area contributed by atoms with Crippen molar-refractivity contribution in [1.82, 2.24) is 24.1 Å². The van der Waals surface area contributed by atoms with Crippen molar-refractivity contribution in [3.63, 3.8) is 0 Å². The molecule has 0 aliphatic rings. The molecule has 0 saturated carbocycles. The van der Waals surface area contributed by atoms with Gasteiger partial charge in [-0.2, -0.15) is 9.97 Å². The van der Waals surface area contributed by atoms with Gasteiger partial charge in [-0.05, 0) is 31.2 Å². The lowest BCUT2D eigenvalue weighted by Crippen LogP contribution is -2.07. The van der Waals surface area contributed by atoms with E-state index >= 15 is 0 Å². The van der Waals surface area contributed by atoms with Crippen LogP contribution in [0.4, 0.5) is 0 Å².